The Kier molecular flexibility index (Phi) is 3.65. The van der Waals surface area contributed by atoms with E-state index in [4.69, 9.17) is 5.73 Å². The van der Waals surface area contributed by atoms with Gasteiger partial charge in [-0.3, -0.25) is 4.79 Å². The van der Waals surface area contributed by atoms with Crippen molar-refractivity contribution in [2.24, 2.45) is 5.73 Å². The van der Waals surface area contributed by atoms with Crippen LogP contribution in [0, 0.1) is 0 Å². The minimum Gasteiger partial charge on any atom is -0.345 e. The molecule has 1 aromatic rings. The normalized spacial score (nSPS) is 20.6. The average Bonchev–Trinajstić information content (AvgIpc) is 2.73. The molecule has 0 fully saturated rings. The SMILES string of the molecule is CC(C)c1nc2n(n1)CCCC2NC(=O)[C@@H](C)N. The Morgan fingerprint density at radius 2 is 2.22 bits per heavy atom. The fourth-order valence-electron chi connectivity index (χ4n) is 2.05. The Balaban J connectivity index is 2.19. The largest absolute Gasteiger partial charge is 0.345 e. The van der Waals surface area contributed by atoms with Crippen LogP contribution >= 0.6 is 0 Å². The zero-order valence-electron chi connectivity index (χ0n) is 11.2. The van der Waals surface area contributed by atoms with Gasteiger partial charge in [0.1, 0.15) is 5.82 Å². The number of nitrogens with two attached hydrogens (primary N) is 1. The van der Waals surface area contributed by atoms with Gasteiger partial charge in [-0.2, -0.15) is 5.10 Å². The number of aryl methyl sites for hydroxylation is 1. The van der Waals surface area contributed by atoms with Crippen LogP contribution in [0.5, 0.6) is 0 Å². The van der Waals surface area contributed by atoms with Crippen molar-refractivity contribution in [3.05, 3.63) is 11.6 Å². The third-order valence-corrected chi connectivity index (χ3v) is 3.14. The summed E-state index contributed by atoms with van der Waals surface area (Å²) < 4.78 is 1.91. The predicted molar refractivity (Wildman–Crippen MR) is 67.9 cm³/mol. The first-order valence-corrected chi connectivity index (χ1v) is 6.49. The molecule has 1 amide bonds. The number of aromatic nitrogens is 3. The van der Waals surface area contributed by atoms with Crippen LogP contribution in [0.4, 0.5) is 0 Å². The van der Waals surface area contributed by atoms with Crippen LogP contribution < -0.4 is 11.1 Å². The zero-order valence-corrected chi connectivity index (χ0v) is 11.2. The molecule has 0 saturated heterocycles. The monoisotopic (exact) mass is 251 g/mol. The van der Waals surface area contributed by atoms with E-state index < -0.39 is 6.04 Å². The second-order valence-corrected chi connectivity index (χ2v) is 5.20. The highest BCUT2D eigenvalue weighted by atomic mass is 16.2. The number of nitrogens with zero attached hydrogens (tertiary/aromatic N) is 3. The van der Waals surface area contributed by atoms with Crippen molar-refractivity contribution in [1.29, 1.82) is 0 Å². The molecule has 18 heavy (non-hydrogen) atoms. The Labute approximate surface area is 107 Å². The molecule has 0 bridgehead atoms. The molecule has 1 unspecified atom stereocenters. The highest BCUT2D eigenvalue weighted by Crippen LogP contribution is 2.24. The van der Waals surface area contributed by atoms with Gasteiger partial charge in [0, 0.05) is 12.5 Å². The molecule has 2 rings (SSSR count). The van der Waals surface area contributed by atoms with Crippen LogP contribution in [0.2, 0.25) is 0 Å². The molecular weight excluding hydrogens is 230 g/mol. The number of amides is 1. The minimum atomic E-state index is -0.493. The molecular formula is C12H21N5O. The standard InChI is InChI=1S/C12H21N5O/c1-7(2)10-15-11-9(14-12(18)8(3)13)5-4-6-17(11)16-10/h7-9H,4-6,13H2,1-3H3,(H,14,18)/t8-,9?/m1/s1. The lowest BCUT2D eigenvalue weighted by molar-refractivity contribution is -0.122. The second-order valence-electron chi connectivity index (χ2n) is 5.20. The van der Waals surface area contributed by atoms with Crippen molar-refractivity contribution in [1.82, 2.24) is 20.1 Å². The summed E-state index contributed by atoms with van der Waals surface area (Å²) in [5.74, 6) is 1.86. The molecule has 0 saturated carbocycles. The number of carbonyl (C=O) groups excluding carboxylic acids is 1. The van der Waals surface area contributed by atoms with Crippen molar-refractivity contribution >= 4 is 5.91 Å². The van der Waals surface area contributed by atoms with Crippen molar-refractivity contribution in [3.63, 3.8) is 0 Å². The molecule has 0 aromatic carbocycles. The van der Waals surface area contributed by atoms with Crippen molar-refractivity contribution in [2.45, 2.75) is 58.2 Å². The van der Waals surface area contributed by atoms with Gasteiger partial charge in [0.25, 0.3) is 0 Å². The summed E-state index contributed by atoms with van der Waals surface area (Å²) in [6.07, 6.45) is 1.90. The first-order chi connectivity index (χ1) is 8.49. The summed E-state index contributed by atoms with van der Waals surface area (Å²) >= 11 is 0. The van der Waals surface area contributed by atoms with Gasteiger partial charge < -0.3 is 11.1 Å². The second kappa shape index (κ2) is 5.06. The summed E-state index contributed by atoms with van der Waals surface area (Å²) in [5, 5.41) is 7.42. The van der Waals surface area contributed by atoms with Gasteiger partial charge in [-0.25, -0.2) is 9.67 Å². The van der Waals surface area contributed by atoms with E-state index in [1.54, 1.807) is 6.92 Å². The van der Waals surface area contributed by atoms with Gasteiger partial charge in [0.15, 0.2) is 5.82 Å². The quantitative estimate of drug-likeness (QED) is 0.828. The van der Waals surface area contributed by atoms with Gasteiger partial charge in [-0.15, -0.1) is 0 Å². The minimum absolute atomic E-state index is 0.0581. The summed E-state index contributed by atoms with van der Waals surface area (Å²) in [6, 6.07) is -0.551. The molecule has 1 aliphatic heterocycles. The zero-order chi connectivity index (χ0) is 13.3. The van der Waals surface area contributed by atoms with Crippen LogP contribution in [-0.2, 0) is 11.3 Å². The fourth-order valence-corrected chi connectivity index (χ4v) is 2.05. The van der Waals surface area contributed by atoms with E-state index in [-0.39, 0.29) is 11.9 Å². The van der Waals surface area contributed by atoms with Gasteiger partial charge in [0.05, 0.1) is 12.1 Å². The maximum absolute atomic E-state index is 11.7. The lowest BCUT2D eigenvalue weighted by Crippen LogP contribution is -2.42. The maximum Gasteiger partial charge on any atom is 0.237 e. The lowest BCUT2D eigenvalue weighted by atomic mass is 10.1. The number of carbonyl (C=O) groups is 1. The smallest absolute Gasteiger partial charge is 0.237 e. The first kappa shape index (κ1) is 13.0. The number of hydrogen-bond donors (Lipinski definition) is 2. The third-order valence-electron chi connectivity index (χ3n) is 3.14. The van der Waals surface area contributed by atoms with Gasteiger partial charge >= 0.3 is 0 Å². The fraction of sp³-hybridized carbons (Fsp3) is 0.750. The van der Waals surface area contributed by atoms with E-state index in [0.29, 0.717) is 5.92 Å². The van der Waals surface area contributed by atoms with Crippen LogP contribution in [0.3, 0.4) is 0 Å². The average molecular weight is 251 g/mol. The Morgan fingerprint density at radius 1 is 1.50 bits per heavy atom. The van der Waals surface area contributed by atoms with Crippen molar-refractivity contribution in [2.75, 3.05) is 0 Å². The van der Waals surface area contributed by atoms with Gasteiger partial charge in [-0.1, -0.05) is 13.8 Å². The molecule has 100 valence electrons. The molecule has 0 aliphatic carbocycles. The molecule has 0 radical (unpaired) electrons. The highest BCUT2D eigenvalue weighted by molar-refractivity contribution is 5.81. The summed E-state index contributed by atoms with van der Waals surface area (Å²) in [4.78, 5) is 16.2. The molecule has 6 heteroatoms. The number of nitrogens with one attached hydrogen (secondary N) is 1. The number of hydrogen-bond acceptors (Lipinski definition) is 4. The molecule has 2 heterocycles. The molecule has 2 atom stereocenters. The summed E-state index contributed by atoms with van der Waals surface area (Å²) in [5.41, 5.74) is 5.57. The highest BCUT2D eigenvalue weighted by Gasteiger charge is 2.26. The molecule has 6 nitrogen and oxygen atoms in total. The topological polar surface area (TPSA) is 85.8 Å². The summed E-state index contributed by atoms with van der Waals surface area (Å²) in [7, 11) is 0. The van der Waals surface area contributed by atoms with Crippen LogP contribution in [0.1, 0.15) is 57.2 Å². The molecule has 1 aromatic heterocycles. The van der Waals surface area contributed by atoms with Crippen molar-refractivity contribution < 1.29 is 4.79 Å². The van der Waals surface area contributed by atoms with E-state index in [1.807, 2.05) is 4.68 Å². The van der Waals surface area contributed by atoms with Gasteiger partial charge in [0.2, 0.25) is 5.91 Å². The van der Waals surface area contributed by atoms with Crippen molar-refractivity contribution in [3.8, 4) is 0 Å². The third kappa shape index (κ3) is 2.53. The number of rotatable bonds is 3. The van der Waals surface area contributed by atoms with E-state index in [1.165, 1.54) is 0 Å². The van der Waals surface area contributed by atoms with E-state index in [0.717, 1.165) is 31.0 Å². The van der Waals surface area contributed by atoms with Gasteiger partial charge in [-0.05, 0) is 19.8 Å². The van der Waals surface area contributed by atoms with E-state index in [2.05, 4.69) is 29.2 Å². The Bertz CT molecular complexity index is 438. The summed E-state index contributed by atoms with van der Waals surface area (Å²) in [6.45, 7) is 6.69. The Hall–Kier alpha value is -1.43. The first-order valence-electron chi connectivity index (χ1n) is 6.49. The van der Waals surface area contributed by atoms with Crippen LogP contribution in [0.25, 0.3) is 0 Å². The number of fused-ring (bicyclic) bond motifs is 1. The van der Waals surface area contributed by atoms with E-state index >= 15 is 0 Å². The van der Waals surface area contributed by atoms with Crippen LogP contribution in [-0.4, -0.2) is 26.7 Å². The predicted octanol–water partition coefficient (Wildman–Crippen LogP) is 0.700. The van der Waals surface area contributed by atoms with Crippen LogP contribution in [0.15, 0.2) is 0 Å². The Morgan fingerprint density at radius 3 is 2.83 bits per heavy atom. The lowest BCUT2D eigenvalue weighted by Gasteiger charge is -2.23. The maximum atomic E-state index is 11.7. The molecule has 1 aliphatic rings. The van der Waals surface area contributed by atoms with E-state index in [9.17, 15) is 4.79 Å². The molecule has 0 spiro atoms. The molecule has 3 N–H and O–H groups in total.